The van der Waals surface area contributed by atoms with Gasteiger partial charge in [0.15, 0.2) is 0 Å². The van der Waals surface area contributed by atoms with Crippen LogP contribution in [0.1, 0.15) is 11.1 Å². The molecule has 0 amide bonds. The Hall–Kier alpha value is -2.54. The molecule has 4 N–H and O–H groups in total. The number of nitrogens with one attached hydrogen (secondary N) is 2. The van der Waals surface area contributed by atoms with Crippen LogP contribution in [0.15, 0.2) is 53.6 Å². The van der Waals surface area contributed by atoms with Gasteiger partial charge in [-0.15, -0.1) is 12.4 Å². The van der Waals surface area contributed by atoms with E-state index < -0.39 is 11.7 Å². The van der Waals surface area contributed by atoms with Crippen molar-refractivity contribution in [3.05, 3.63) is 59.7 Å². The van der Waals surface area contributed by atoms with Gasteiger partial charge in [0, 0.05) is 0 Å². The number of alkyl halides is 3. The Morgan fingerprint density at radius 3 is 2.48 bits per heavy atom. The van der Waals surface area contributed by atoms with Crippen LogP contribution >= 0.6 is 12.4 Å². The molecule has 8 heteroatoms. The molecular formula is C15H14ClF3N4. The lowest BCUT2D eigenvalue weighted by Crippen LogP contribution is -2.25. The molecule has 0 saturated carbocycles. The summed E-state index contributed by atoms with van der Waals surface area (Å²) in [6.45, 7) is 0. The van der Waals surface area contributed by atoms with E-state index >= 15 is 0 Å². The van der Waals surface area contributed by atoms with Crippen LogP contribution in [0, 0.1) is 5.41 Å². The monoisotopic (exact) mass is 342 g/mol. The minimum atomic E-state index is -4.42. The molecule has 122 valence electrons. The van der Waals surface area contributed by atoms with E-state index in [9.17, 15) is 13.2 Å². The molecule has 2 rings (SSSR count). The van der Waals surface area contributed by atoms with Crippen molar-refractivity contribution in [2.24, 2.45) is 10.8 Å². The van der Waals surface area contributed by atoms with Gasteiger partial charge in [-0.2, -0.15) is 18.3 Å². The number of rotatable bonds is 3. The first-order chi connectivity index (χ1) is 10.4. The first kappa shape index (κ1) is 18.5. The number of halogens is 4. The van der Waals surface area contributed by atoms with Gasteiger partial charge in [-0.3, -0.25) is 5.41 Å². The normalized spacial score (nSPS) is 11.1. The van der Waals surface area contributed by atoms with E-state index in [1.54, 1.807) is 30.3 Å². The molecule has 0 aromatic heterocycles. The fraction of sp³-hybridized carbons (Fsp3) is 0.0667. The number of hydrazone groups is 1. The fourth-order valence-electron chi connectivity index (χ4n) is 1.94. The zero-order valence-electron chi connectivity index (χ0n) is 11.8. The van der Waals surface area contributed by atoms with Crippen LogP contribution in [0.25, 0.3) is 11.1 Å². The first-order valence-corrected chi connectivity index (χ1v) is 6.27. The van der Waals surface area contributed by atoms with Crippen molar-refractivity contribution in [1.82, 2.24) is 5.43 Å². The van der Waals surface area contributed by atoms with Crippen LogP contribution in [-0.4, -0.2) is 12.2 Å². The largest absolute Gasteiger partial charge is 0.417 e. The van der Waals surface area contributed by atoms with Crippen LogP contribution in [0.3, 0.4) is 0 Å². The van der Waals surface area contributed by atoms with E-state index in [1.165, 1.54) is 18.3 Å². The van der Waals surface area contributed by atoms with Gasteiger partial charge in [-0.25, -0.2) is 5.43 Å². The maximum Gasteiger partial charge on any atom is 0.417 e. The highest BCUT2D eigenvalue weighted by molar-refractivity contribution is 5.85. The van der Waals surface area contributed by atoms with Crippen molar-refractivity contribution in [3.8, 4) is 11.1 Å². The molecule has 2 aromatic carbocycles. The summed E-state index contributed by atoms with van der Waals surface area (Å²) in [5, 5.41) is 10.7. The van der Waals surface area contributed by atoms with Crippen molar-refractivity contribution < 1.29 is 13.2 Å². The number of nitrogens with two attached hydrogens (primary N) is 1. The van der Waals surface area contributed by atoms with E-state index in [0.717, 1.165) is 6.07 Å². The molecule has 0 atom stereocenters. The number of hydrogen-bond acceptors (Lipinski definition) is 2. The molecule has 0 radical (unpaired) electrons. The maximum atomic E-state index is 13.1. The zero-order chi connectivity index (χ0) is 16.2. The van der Waals surface area contributed by atoms with Crippen LogP contribution < -0.4 is 11.2 Å². The molecule has 0 fully saturated rings. The van der Waals surface area contributed by atoms with Crippen molar-refractivity contribution in [2.75, 3.05) is 0 Å². The van der Waals surface area contributed by atoms with Gasteiger partial charge in [0.1, 0.15) is 0 Å². The molecule has 0 aliphatic carbocycles. The highest BCUT2D eigenvalue weighted by Gasteiger charge is 2.33. The Kier molecular flexibility index (Phi) is 6.15. The van der Waals surface area contributed by atoms with E-state index in [1.807, 2.05) is 0 Å². The second-order valence-electron chi connectivity index (χ2n) is 4.45. The van der Waals surface area contributed by atoms with Crippen molar-refractivity contribution >= 4 is 24.6 Å². The molecule has 0 bridgehead atoms. The second-order valence-corrected chi connectivity index (χ2v) is 4.45. The third kappa shape index (κ3) is 5.00. The molecule has 4 nitrogen and oxygen atoms in total. The SMILES string of the molecule is Cl.N=C(N)N/N=C/c1cccc(-c2ccccc2C(F)(F)F)c1. The smallest absolute Gasteiger partial charge is 0.369 e. The zero-order valence-corrected chi connectivity index (χ0v) is 12.6. The number of nitrogens with zero attached hydrogens (tertiary/aromatic N) is 1. The molecular weight excluding hydrogens is 329 g/mol. The van der Waals surface area contributed by atoms with E-state index in [4.69, 9.17) is 11.1 Å². The van der Waals surface area contributed by atoms with E-state index in [-0.39, 0.29) is 23.9 Å². The summed E-state index contributed by atoms with van der Waals surface area (Å²) in [6, 6.07) is 11.9. The summed E-state index contributed by atoms with van der Waals surface area (Å²) in [6.07, 6.45) is -3.04. The van der Waals surface area contributed by atoms with E-state index in [2.05, 4.69) is 10.5 Å². The molecule has 0 aliphatic rings. The Morgan fingerprint density at radius 2 is 1.83 bits per heavy atom. The lowest BCUT2D eigenvalue weighted by atomic mass is 9.98. The highest BCUT2D eigenvalue weighted by Crippen LogP contribution is 2.36. The van der Waals surface area contributed by atoms with Gasteiger partial charge >= 0.3 is 6.18 Å². The summed E-state index contributed by atoms with van der Waals surface area (Å²) in [4.78, 5) is 0. The van der Waals surface area contributed by atoms with Crippen LogP contribution in [0.2, 0.25) is 0 Å². The van der Waals surface area contributed by atoms with Gasteiger partial charge in [0.2, 0.25) is 5.96 Å². The van der Waals surface area contributed by atoms with Crippen LogP contribution in [0.5, 0.6) is 0 Å². The standard InChI is InChI=1S/C15H13F3N4.ClH/c16-15(17,18)13-7-2-1-6-12(13)11-5-3-4-10(8-11)9-21-22-14(19)20;/h1-9H,(H4,19,20,22);1H/b21-9+;. The summed E-state index contributed by atoms with van der Waals surface area (Å²) < 4.78 is 39.2. The fourth-order valence-corrected chi connectivity index (χ4v) is 1.94. The Labute approximate surface area is 137 Å². The Bertz CT molecular complexity index is 714. The molecule has 23 heavy (non-hydrogen) atoms. The third-order valence-corrected chi connectivity index (χ3v) is 2.83. The third-order valence-electron chi connectivity index (χ3n) is 2.83. The van der Waals surface area contributed by atoms with Crippen molar-refractivity contribution in [1.29, 1.82) is 5.41 Å². The maximum absolute atomic E-state index is 13.1. The van der Waals surface area contributed by atoms with Gasteiger partial charge < -0.3 is 5.73 Å². The molecule has 0 spiro atoms. The minimum absolute atomic E-state index is 0. The van der Waals surface area contributed by atoms with E-state index in [0.29, 0.717) is 11.1 Å². The molecule has 0 aliphatic heterocycles. The lowest BCUT2D eigenvalue weighted by molar-refractivity contribution is -0.137. The van der Waals surface area contributed by atoms with Gasteiger partial charge in [-0.1, -0.05) is 36.4 Å². The number of benzene rings is 2. The summed E-state index contributed by atoms with van der Waals surface area (Å²) in [5.41, 5.74) is 7.75. The molecule has 0 unspecified atom stereocenters. The topological polar surface area (TPSA) is 74.3 Å². The predicted octanol–water partition coefficient (Wildman–Crippen LogP) is 3.61. The highest BCUT2D eigenvalue weighted by atomic mass is 35.5. The summed E-state index contributed by atoms with van der Waals surface area (Å²) in [7, 11) is 0. The first-order valence-electron chi connectivity index (χ1n) is 6.27. The average molecular weight is 343 g/mol. The van der Waals surface area contributed by atoms with Gasteiger partial charge in [0.05, 0.1) is 11.8 Å². The average Bonchev–Trinajstić information content (AvgIpc) is 2.46. The predicted molar refractivity (Wildman–Crippen MR) is 86.8 cm³/mol. The minimum Gasteiger partial charge on any atom is -0.369 e. The Balaban J connectivity index is 0.00000264. The quantitative estimate of drug-likeness (QED) is 0.453. The van der Waals surface area contributed by atoms with Crippen molar-refractivity contribution in [3.63, 3.8) is 0 Å². The lowest BCUT2D eigenvalue weighted by Gasteiger charge is -2.13. The number of guanidine groups is 1. The second kappa shape index (κ2) is 7.64. The Morgan fingerprint density at radius 1 is 1.13 bits per heavy atom. The molecule has 0 heterocycles. The van der Waals surface area contributed by atoms with Gasteiger partial charge in [0.25, 0.3) is 0 Å². The van der Waals surface area contributed by atoms with Gasteiger partial charge in [-0.05, 0) is 28.8 Å². The number of hydrogen-bond donors (Lipinski definition) is 3. The summed E-state index contributed by atoms with van der Waals surface area (Å²) >= 11 is 0. The molecule has 2 aromatic rings. The van der Waals surface area contributed by atoms with Crippen molar-refractivity contribution in [2.45, 2.75) is 6.18 Å². The van der Waals surface area contributed by atoms with Crippen LogP contribution in [-0.2, 0) is 6.18 Å². The van der Waals surface area contributed by atoms with Crippen LogP contribution in [0.4, 0.5) is 13.2 Å². The molecule has 0 saturated heterocycles. The summed E-state index contributed by atoms with van der Waals surface area (Å²) in [5.74, 6) is -0.324.